The van der Waals surface area contributed by atoms with E-state index in [1.807, 2.05) is 11.9 Å². The molecule has 21 heavy (non-hydrogen) atoms. The van der Waals surface area contributed by atoms with Crippen LogP contribution in [0.3, 0.4) is 0 Å². The van der Waals surface area contributed by atoms with Crippen LogP contribution >= 0.6 is 0 Å². The highest BCUT2D eigenvalue weighted by molar-refractivity contribution is 5.82. The van der Waals surface area contributed by atoms with Crippen molar-refractivity contribution >= 4 is 5.91 Å². The highest BCUT2D eigenvalue weighted by Crippen LogP contribution is 2.31. The second-order valence-corrected chi connectivity index (χ2v) is 5.66. The van der Waals surface area contributed by atoms with Crippen LogP contribution in [0.5, 0.6) is 0 Å². The number of hydrogen-bond acceptors (Lipinski definition) is 5. The number of nitrogens with zero attached hydrogens (tertiary/aromatic N) is 3. The standard InChI is InChI=1S/C14H20N4O3/c1-17-7-8-21-12(9-17)14(20)18-6-2-3-11(18)10-4-5-13(19)16-15-10/h4-5,11-12H,2-3,6-9H2,1H3,(H,16,19). The van der Waals surface area contributed by atoms with Crippen molar-refractivity contribution in [2.75, 3.05) is 33.3 Å². The van der Waals surface area contributed by atoms with Gasteiger partial charge in [-0.15, -0.1) is 0 Å². The molecule has 0 aliphatic carbocycles. The van der Waals surface area contributed by atoms with Crippen LogP contribution in [0.4, 0.5) is 0 Å². The Balaban J connectivity index is 1.75. The molecule has 0 spiro atoms. The van der Waals surface area contributed by atoms with Crippen molar-refractivity contribution in [3.05, 3.63) is 28.2 Å². The first-order chi connectivity index (χ1) is 10.1. The largest absolute Gasteiger partial charge is 0.366 e. The Labute approximate surface area is 122 Å². The van der Waals surface area contributed by atoms with Gasteiger partial charge in [0.1, 0.15) is 6.10 Å². The summed E-state index contributed by atoms with van der Waals surface area (Å²) in [6.45, 7) is 2.78. The molecule has 114 valence electrons. The number of carbonyl (C=O) groups is 1. The van der Waals surface area contributed by atoms with Gasteiger partial charge in [0.05, 0.1) is 18.3 Å². The molecular weight excluding hydrogens is 272 g/mol. The fraction of sp³-hybridized carbons (Fsp3) is 0.643. The lowest BCUT2D eigenvalue weighted by Crippen LogP contribution is -2.49. The molecule has 2 unspecified atom stereocenters. The molecule has 1 N–H and O–H groups in total. The number of ether oxygens (including phenoxy) is 1. The Morgan fingerprint density at radius 2 is 2.29 bits per heavy atom. The fourth-order valence-corrected chi connectivity index (χ4v) is 2.99. The number of hydrogen-bond donors (Lipinski definition) is 1. The number of likely N-dealkylation sites (tertiary alicyclic amines) is 1. The van der Waals surface area contributed by atoms with Crippen LogP contribution in [0.1, 0.15) is 24.6 Å². The van der Waals surface area contributed by atoms with Gasteiger partial charge < -0.3 is 14.5 Å². The maximum absolute atomic E-state index is 12.7. The summed E-state index contributed by atoms with van der Waals surface area (Å²) in [5, 5.41) is 6.51. The highest BCUT2D eigenvalue weighted by Gasteiger charge is 2.36. The Bertz CT molecular complexity index is 553. The summed E-state index contributed by atoms with van der Waals surface area (Å²) < 4.78 is 5.61. The van der Waals surface area contributed by atoms with E-state index in [0.717, 1.165) is 25.1 Å². The number of nitrogens with one attached hydrogen (secondary N) is 1. The second kappa shape index (κ2) is 5.95. The monoisotopic (exact) mass is 292 g/mol. The predicted molar refractivity (Wildman–Crippen MR) is 75.8 cm³/mol. The number of carbonyl (C=O) groups excluding carboxylic acids is 1. The maximum atomic E-state index is 12.7. The first kappa shape index (κ1) is 14.2. The third-order valence-corrected chi connectivity index (χ3v) is 4.12. The van der Waals surface area contributed by atoms with E-state index >= 15 is 0 Å². The second-order valence-electron chi connectivity index (χ2n) is 5.66. The Morgan fingerprint density at radius 1 is 1.43 bits per heavy atom. The van der Waals surface area contributed by atoms with Gasteiger partial charge in [-0.1, -0.05) is 0 Å². The van der Waals surface area contributed by atoms with Gasteiger partial charge in [-0.05, 0) is 26.0 Å². The number of aromatic amines is 1. The summed E-state index contributed by atoms with van der Waals surface area (Å²) in [7, 11) is 1.99. The number of amides is 1. The number of rotatable bonds is 2. The molecule has 2 fully saturated rings. The molecule has 0 saturated carbocycles. The van der Waals surface area contributed by atoms with Crippen molar-refractivity contribution < 1.29 is 9.53 Å². The highest BCUT2D eigenvalue weighted by atomic mass is 16.5. The van der Waals surface area contributed by atoms with Gasteiger partial charge in [0, 0.05) is 25.7 Å². The van der Waals surface area contributed by atoms with Gasteiger partial charge >= 0.3 is 0 Å². The molecule has 0 radical (unpaired) electrons. The van der Waals surface area contributed by atoms with Crippen LogP contribution in [0.2, 0.25) is 0 Å². The van der Waals surface area contributed by atoms with Crippen LogP contribution < -0.4 is 5.56 Å². The lowest BCUT2D eigenvalue weighted by atomic mass is 10.1. The Hall–Kier alpha value is -1.73. The molecular formula is C14H20N4O3. The van der Waals surface area contributed by atoms with Crippen LogP contribution in [-0.2, 0) is 9.53 Å². The molecule has 2 atom stereocenters. The lowest BCUT2D eigenvalue weighted by molar-refractivity contribution is -0.149. The first-order valence-electron chi connectivity index (χ1n) is 7.31. The molecule has 0 aromatic carbocycles. The summed E-state index contributed by atoms with van der Waals surface area (Å²) in [5.41, 5.74) is 0.511. The zero-order valence-corrected chi connectivity index (χ0v) is 12.1. The van der Waals surface area contributed by atoms with Gasteiger partial charge in [-0.2, -0.15) is 5.10 Å². The van der Waals surface area contributed by atoms with Crippen LogP contribution in [0.15, 0.2) is 16.9 Å². The summed E-state index contributed by atoms with van der Waals surface area (Å²) in [5.74, 6) is 0.0250. The summed E-state index contributed by atoms with van der Waals surface area (Å²) in [4.78, 5) is 27.7. The van der Waals surface area contributed by atoms with E-state index in [1.165, 1.54) is 6.07 Å². The van der Waals surface area contributed by atoms with Crippen LogP contribution in [0, 0.1) is 0 Å². The Kier molecular flexibility index (Phi) is 4.03. The van der Waals surface area contributed by atoms with Crippen molar-refractivity contribution in [1.82, 2.24) is 20.0 Å². The zero-order chi connectivity index (χ0) is 14.8. The third-order valence-electron chi connectivity index (χ3n) is 4.12. The van der Waals surface area contributed by atoms with Gasteiger partial charge in [-0.3, -0.25) is 9.59 Å². The van der Waals surface area contributed by atoms with Gasteiger partial charge in [0.15, 0.2) is 0 Å². The van der Waals surface area contributed by atoms with Crippen molar-refractivity contribution in [1.29, 1.82) is 0 Å². The normalized spacial score (nSPS) is 27.0. The van der Waals surface area contributed by atoms with E-state index in [-0.39, 0.29) is 17.5 Å². The topological polar surface area (TPSA) is 78.5 Å². The first-order valence-corrected chi connectivity index (χ1v) is 7.31. The molecule has 7 nitrogen and oxygen atoms in total. The number of aromatic nitrogens is 2. The van der Waals surface area contributed by atoms with E-state index < -0.39 is 6.10 Å². The van der Waals surface area contributed by atoms with E-state index in [0.29, 0.717) is 19.7 Å². The number of morpholine rings is 1. The quantitative estimate of drug-likeness (QED) is 0.814. The molecule has 0 bridgehead atoms. The molecule has 3 heterocycles. The van der Waals surface area contributed by atoms with E-state index in [4.69, 9.17) is 4.74 Å². The summed E-state index contributed by atoms with van der Waals surface area (Å²) in [6.07, 6.45) is 1.42. The molecule has 7 heteroatoms. The lowest BCUT2D eigenvalue weighted by Gasteiger charge is -2.33. The molecule has 3 rings (SSSR count). The average Bonchev–Trinajstić information content (AvgIpc) is 2.96. The van der Waals surface area contributed by atoms with Gasteiger partial charge in [-0.25, -0.2) is 5.10 Å². The average molecular weight is 292 g/mol. The summed E-state index contributed by atoms with van der Waals surface area (Å²) in [6, 6.07) is 3.09. The van der Waals surface area contributed by atoms with Crippen LogP contribution in [-0.4, -0.2) is 65.3 Å². The van der Waals surface area contributed by atoms with E-state index in [9.17, 15) is 9.59 Å². The predicted octanol–water partition coefficient (Wildman–Crippen LogP) is -0.236. The molecule has 1 amide bonds. The van der Waals surface area contributed by atoms with Crippen LogP contribution in [0.25, 0.3) is 0 Å². The van der Waals surface area contributed by atoms with Crippen molar-refractivity contribution in [2.24, 2.45) is 0 Å². The van der Waals surface area contributed by atoms with Gasteiger partial charge in [0.2, 0.25) is 0 Å². The number of H-pyrrole nitrogens is 1. The minimum atomic E-state index is -0.396. The molecule has 2 saturated heterocycles. The minimum absolute atomic E-state index is 0.0250. The molecule has 1 aromatic rings. The minimum Gasteiger partial charge on any atom is -0.366 e. The molecule has 1 aromatic heterocycles. The van der Waals surface area contributed by atoms with Crippen molar-refractivity contribution in [3.8, 4) is 0 Å². The maximum Gasteiger partial charge on any atom is 0.264 e. The van der Waals surface area contributed by atoms with Gasteiger partial charge in [0.25, 0.3) is 11.5 Å². The summed E-state index contributed by atoms with van der Waals surface area (Å²) >= 11 is 0. The zero-order valence-electron chi connectivity index (χ0n) is 12.1. The van der Waals surface area contributed by atoms with Crippen molar-refractivity contribution in [2.45, 2.75) is 25.0 Å². The number of likely N-dealkylation sites (N-methyl/N-ethyl adjacent to an activating group) is 1. The molecule has 2 aliphatic rings. The SMILES string of the molecule is CN1CCOC(C(=O)N2CCCC2c2ccc(=O)[nH]n2)C1. The fourth-order valence-electron chi connectivity index (χ4n) is 2.99. The van der Waals surface area contributed by atoms with E-state index in [1.54, 1.807) is 6.07 Å². The van der Waals surface area contributed by atoms with E-state index in [2.05, 4.69) is 15.1 Å². The smallest absolute Gasteiger partial charge is 0.264 e. The van der Waals surface area contributed by atoms with Crippen molar-refractivity contribution in [3.63, 3.8) is 0 Å². The third kappa shape index (κ3) is 2.98. The molecule has 2 aliphatic heterocycles. The Morgan fingerprint density at radius 3 is 3.00 bits per heavy atom.